The van der Waals surface area contributed by atoms with Crippen LogP contribution in [0.3, 0.4) is 0 Å². The van der Waals surface area contributed by atoms with E-state index in [1.54, 1.807) is 42.5 Å². The minimum Gasteiger partial charge on any atom is -0.456 e. The minimum atomic E-state index is -0.586. The molecule has 0 unspecified atom stereocenters. The lowest BCUT2D eigenvalue weighted by atomic mass is 10.1. The highest BCUT2D eigenvalue weighted by atomic mass is 16.6. The molecule has 3 aromatic rings. The highest BCUT2D eigenvalue weighted by molar-refractivity contribution is 6.12. The number of esters is 1. The molecular formula is C20H12N2O5. The lowest BCUT2D eigenvalue weighted by Gasteiger charge is -1.98. The summed E-state index contributed by atoms with van der Waals surface area (Å²) in [5, 5.41) is 11.2. The van der Waals surface area contributed by atoms with E-state index >= 15 is 0 Å². The summed E-state index contributed by atoms with van der Waals surface area (Å²) in [6.45, 7) is 0. The van der Waals surface area contributed by atoms with Crippen LogP contribution in [0.1, 0.15) is 11.3 Å². The molecule has 0 fully saturated rings. The van der Waals surface area contributed by atoms with Crippen molar-refractivity contribution in [2.75, 3.05) is 0 Å². The lowest BCUT2D eigenvalue weighted by molar-refractivity contribution is -0.384. The molecule has 0 spiro atoms. The van der Waals surface area contributed by atoms with Crippen molar-refractivity contribution in [1.82, 2.24) is 0 Å². The van der Waals surface area contributed by atoms with Crippen molar-refractivity contribution in [2.24, 2.45) is 4.99 Å². The number of carbonyl (C=O) groups excluding carboxylic acids is 1. The van der Waals surface area contributed by atoms with E-state index in [0.29, 0.717) is 22.6 Å². The Morgan fingerprint density at radius 2 is 1.70 bits per heavy atom. The SMILES string of the molecule is O=C1OC(c2ccccc2)=N/C1=C/c1ccc(-c2ccccc2[N+](=O)[O-])o1. The van der Waals surface area contributed by atoms with Crippen molar-refractivity contribution < 1.29 is 18.9 Å². The molecule has 7 heteroatoms. The predicted octanol–water partition coefficient (Wildman–Crippen LogP) is 4.20. The van der Waals surface area contributed by atoms with Crippen molar-refractivity contribution >= 4 is 23.6 Å². The van der Waals surface area contributed by atoms with Crippen molar-refractivity contribution in [1.29, 1.82) is 0 Å². The number of para-hydroxylation sites is 1. The van der Waals surface area contributed by atoms with E-state index in [9.17, 15) is 14.9 Å². The number of nitrogens with zero attached hydrogens (tertiary/aromatic N) is 2. The number of hydrogen-bond acceptors (Lipinski definition) is 6. The molecule has 0 bridgehead atoms. The third-order valence-electron chi connectivity index (χ3n) is 3.91. The molecule has 0 saturated heterocycles. The van der Waals surface area contributed by atoms with Gasteiger partial charge in [-0.1, -0.05) is 30.3 Å². The van der Waals surface area contributed by atoms with Gasteiger partial charge in [0.15, 0.2) is 5.70 Å². The molecule has 2 aromatic carbocycles. The number of cyclic esters (lactones) is 1. The largest absolute Gasteiger partial charge is 0.456 e. The smallest absolute Gasteiger partial charge is 0.363 e. The molecule has 132 valence electrons. The van der Waals surface area contributed by atoms with Gasteiger partial charge in [0.2, 0.25) is 5.90 Å². The van der Waals surface area contributed by atoms with Gasteiger partial charge in [-0.2, -0.15) is 0 Å². The highest BCUT2D eigenvalue weighted by Crippen LogP contribution is 2.31. The molecule has 0 N–H and O–H groups in total. The van der Waals surface area contributed by atoms with Crippen LogP contribution in [-0.2, 0) is 9.53 Å². The number of furan rings is 1. The standard InChI is InChI=1S/C20H12N2O5/c23-20-16(21-19(27-20)13-6-2-1-3-7-13)12-14-10-11-18(26-14)15-8-4-5-9-17(15)22(24)25/h1-12H/b16-12+. The van der Waals surface area contributed by atoms with E-state index in [1.807, 2.05) is 18.2 Å². The molecule has 0 radical (unpaired) electrons. The molecule has 1 aromatic heterocycles. The van der Waals surface area contributed by atoms with Crippen molar-refractivity contribution in [3.05, 3.63) is 93.9 Å². The summed E-state index contributed by atoms with van der Waals surface area (Å²) < 4.78 is 10.8. The molecule has 1 aliphatic rings. The van der Waals surface area contributed by atoms with Crippen LogP contribution < -0.4 is 0 Å². The van der Waals surface area contributed by atoms with Crippen LogP contribution in [0, 0.1) is 10.1 Å². The number of hydrogen-bond donors (Lipinski definition) is 0. The summed E-state index contributed by atoms with van der Waals surface area (Å²) in [6.07, 6.45) is 1.44. The maximum absolute atomic E-state index is 12.0. The van der Waals surface area contributed by atoms with Crippen LogP contribution >= 0.6 is 0 Å². The average Bonchev–Trinajstić information content (AvgIpc) is 3.30. The first-order chi connectivity index (χ1) is 13.1. The third-order valence-corrected chi connectivity index (χ3v) is 3.91. The molecule has 0 amide bonds. The van der Waals surface area contributed by atoms with Gasteiger partial charge in [-0.05, 0) is 30.3 Å². The second-order valence-corrected chi connectivity index (χ2v) is 5.68. The fourth-order valence-electron chi connectivity index (χ4n) is 2.66. The molecule has 1 aliphatic heterocycles. The van der Waals surface area contributed by atoms with Gasteiger partial charge < -0.3 is 9.15 Å². The Kier molecular flexibility index (Phi) is 4.10. The quantitative estimate of drug-likeness (QED) is 0.301. The van der Waals surface area contributed by atoms with Crippen molar-refractivity contribution in [3.8, 4) is 11.3 Å². The number of aliphatic imine (C=N–C) groups is 1. The summed E-state index contributed by atoms with van der Waals surface area (Å²) in [6, 6.07) is 18.6. The molecule has 2 heterocycles. The zero-order valence-corrected chi connectivity index (χ0v) is 13.9. The monoisotopic (exact) mass is 360 g/mol. The van der Waals surface area contributed by atoms with Gasteiger partial charge in [-0.3, -0.25) is 10.1 Å². The molecule has 0 atom stereocenters. The topological polar surface area (TPSA) is 94.9 Å². The first-order valence-electron chi connectivity index (χ1n) is 8.03. The van der Waals surface area contributed by atoms with Crippen LogP contribution in [0.5, 0.6) is 0 Å². The van der Waals surface area contributed by atoms with E-state index in [4.69, 9.17) is 9.15 Å². The maximum atomic E-state index is 12.0. The number of nitro benzene ring substituents is 1. The maximum Gasteiger partial charge on any atom is 0.363 e. The molecule has 0 aliphatic carbocycles. The first-order valence-corrected chi connectivity index (χ1v) is 8.03. The second-order valence-electron chi connectivity index (χ2n) is 5.68. The number of nitro groups is 1. The highest BCUT2D eigenvalue weighted by Gasteiger charge is 2.24. The van der Waals surface area contributed by atoms with Crippen molar-refractivity contribution in [3.63, 3.8) is 0 Å². The first kappa shape index (κ1) is 16.5. The van der Waals surface area contributed by atoms with Crippen LogP contribution in [0.4, 0.5) is 5.69 Å². The fraction of sp³-hybridized carbons (Fsp3) is 0. The lowest BCUT2D eigenvalue weighted by Crippen LogP contribution is -2.04. The van der Waals surface area contributed by atoms with Gasteiger partial charge in [0.05, 0.1) is 10.5 Å². The summed E-state index contributed by atoms with van der Waals surface area (Å²) in [5.74, 6) is 0.302. The third kappa shape index (κ3) is 3.25. The summed E-state index contributed by atoms with van der Waals surface area (Å²) >= 11 is 0. The molecular weight excluding hydrogens is 348 g/mol. The summed E-state index contributed by atoms with van der Waals surface area (Å²) in [4.78, 5) is 26.9. The normalized spacial score (nSPS) is 14.9. The van der Waals surface area contributed by atoms with E-state index in [0.717, 1.165) is 0 Å². The van der Waals surface area contributed by atoms with Crippen LogP contribution in [0.15, 0.2) is 81.8 Å². The Morgan fingerprint density at radius 1 is 0.963 bits per heavy atom. The molecule has 0 saturated carbocycles. The van der Waals surface area contributed by atoms with E-state index < -0.39 is 10.9 Å². The average molecular weight is 360 g/mol. The van der Waals surface area contributed by atoms with Gasteiger partial charge in [0.1, 0.15) is 11.5 Å². The van der Waals surface area contributed by atoms with Gasteiger partial charge in [-0.15, -0.1) is 0 Å². The Balaban J connectivity index is 1.66. The number of carbonyl (C=O) groups is 1. The Bertz CT molecular complexity index is 1100. The predicted molar refractivity (Wildman–Crippen MR) is 97.8 cm³/mol. The zero-order valence-electron chi connectivity index (χ0n) is 13.9. The van der Waals surface area contributed by atoms with Crippen molar-refractivity contribution in [2.45, 2.75) is 0 Å². The van der Waals surface area contributed by atoms with Crippen LogP contribution in [0.2, 0.25) is 0 Å². The molecule has 7 nitrogen and oxygen atoms in total. The number of rotatable bonds is 4. The summed E-state index contributed by atoms with van der Waals surface area (Å²) in [5.41, 5.74) is 1.08. The summed E-state index contributed by atoms with van der Waals surface area (Å²) in [7, 11) is 0. The second kappa shape index (κ2) is 6.72. The van der Waals surface area contributed by atoms with Gasteiger partial charge >= 0.3 is 5.97 Å². The Hall–Kier alpha value is -4.00. The molecule has 4 rings (SSSR count). The molecule has 27 heavy (non-hydrogen) atoms. The minimum absolute atomic E-state index is 0.0595. The van der Waals surface area contributed by atoms with Gasteiger partial charge in [0, 0.05) is 17.7 Å². The van der Waals surface area contributed by atoms with Crippen LogP contribution in [-0.4, -0.2) is 16.8 Å². The van der Waals surface area contributed by atoms with E-state index in [1.165, 1.54) is 12.1 Å². The Morgan fingerprint density at radius 3 is 2.48 bits per heavy atom. The number of ether oxygens (including phenoxy) is 1. The van der Waals surface area contributed by atoms with E-state index in [-0.39, 0.29) is 17.3 Å². The Labute approximate surface area is 153 Å². The fourth-order valence-corrected chi connectivity index (χ4v) is 2.66. The zero-order chi connectivity index (χ0) is 18.8. The van der Waals surface area contributed by atoms with Gasteiger partial charge in [0.25, 0.3) is 5.69 Å². The van der Waals surface area contributed by atoms with E-state index in [2.05, 4.69) is 4.99 Å². The van der Waals surface area contributed by atoms with Gasteiger partial charge in [-0.25, -0.2) is 9.79 Å². The number of benzene rings is 2. The van der Waals surface area contributed by atoms with Crippen LogP contribution in [0.25, 0.3) is 17.4 Å².